The number of rotatable bonds is 9. The van der Waals surface area contributed by atoms with Gasteiger partial charge in [-0.15, -0.1) is 0 Å². The van der Waals surface area contributed by atoms with Crippen LogP contribution in [0.1, 0.15) is 11.5 Å². The quantitative estimate of drug-likeness (QED) is 0.384. The zero-order valence-electron chi connectivity index (χ0n) is 18.9. The smallest absolute Gasteiger partial charge is 0.248 e. The van der Waals surface area contributed by atoms with E-state index in [-0.39, 0.29) is 24.9 Å². The number of amides is 1. The van der Waals surface area contributed by atoms with E-state index in [2.05, 4.69) is 15.6 Å². The number of nitrogens with one attached hydrogen (secondary N) is 1. The Kier molecular flexibility index (Phi) is 6.75. The summed E-state index contributed by atoms with van der Waals surface area (Å²) in [7, 11) is 0. The van der Waals surface area contributed by atoms with E-state index in [0.29, 0.717) is 67.0 Å². The first-order valence-corrected chi connectivity index (χ1v) is 11.2. The molecule has 0 unspecified atom stereocenters. The van der Waals surface area contributed by atoms with E-state index in [1.54, 1.807) is 41.5 Å². The van der Waals surface area contributed by atoms with E-state index < -0.39 is 0 Å². The maximum atomic E-state index is 15.0. The maximum absolute atomic E-state index is 15.0. The highest BCUT2D eigenvalue weighted by molar-refractivity contribution is 5.77. The van der Waals surface area contributed by atoms with Crippen molar-refractivity contribution < 1.29 is 27.4 Å². The second-order valence-electron chi connectivity index (χ2n) is 8.02. The highest BCUT2D eigenvalue weighted by Crippen LogP contribution is 2.27. The molecule has 4 aromatic rings. The van der Waals surface area contributed by atoms with Crippen LogP contribution in [0, 0.1) is 5.82 Å². The van der Waals surface area contributed by atoms with Crippen molar-refractivity contribution in [2.45, 2.75) is 13.2 Å². The Bertz CT molecular complexity index is 1230. The third-order valence-corrected chi connectivity index (χ3v) is 5.71. The number of nitrogens with zero attached hydrogens (tertiary/aromatic N) is 4. The van der Waals surface area contributed by atoms with E-state index in [1.807, 2.05) is 11.0 Å². The monoisotopic (exact) mass is 481 g/mol. The average Bonchev–Trinajstić information content (AvgIpc) is 3.66. The minimum atomic E-state index is -0.352. The van der Waals surface area contributed by atoms with Gasteiger partial charge in [-0.2, -0.15) is 0 Å². The van der Waals surface area contributed by atoms with Crippen LogP contribution >= 0.6 is 0 Å². The van der Waals surface area contributed by atoms with Crippen molar-refractivity contribution in [3.8, 4) is 11.3 Å². The average molecular weight is 481 g/mol. The standard InChI is InChI=1S/C24H24FN5O5/c25-20-12-17(21-13-19(35-27-21)14-26-23-5-11-34-28-23)3-4-22(20)29-6-8-30(9-7-29)24(31)16-32-15-18-2-1-10-33-18/h1-5,10-13H,6-9,14-16H2,(H,26,28). The van der Waals surface area contributed by atoms with Gasteiger partial charge in [0.05, 0.1) is 18.5 Å². The fraction of sp³-hybridized carbons (Fsp3) is 0.292. The van der Waals surface area contributed by atoms with Gasteiger partial charge in [-0.25, -0.2) is 4.39 Å². The summed E-state index contributed by atoms with van der Waals surface area (Å²) in [6.07, 6.45) is 3.03. The number of piperazine rings is 1. The summed E-state index contributed by atoms with van der Waals surface area (Å²) in [6.45, 7) is 2.66. The minimum absolute atomic E-state index is 0.0163. The Morgan fingerprint density at radius 1 is 1.06 bits per heavy atom. The van der Waals surface area contributed by atoms with Gasteiger partial charge in [-0.3, -0.25) is 4.79 Å². The zero-order chi connectivity index (χ0) is 24.0. The lowest BCUT2D eigenvalue weighted by Crippen LogP contribution is -2.50. The molecular weight excluding hydrogens is 457 g/mol. The first kappa shape index (κ1) is 22.7. The van der Waals surface area contributed by atoms with Crippen molar-refractivity contribution in [3.63, 3.8) is 0 Å². The number of halogens is 1. The van der Waals surface area contributed by atoms with Crippen LogP contribution in [0.3, 0.4) is 0 Å². The summed E-state index contributed by atoms with van der Waals surface area (Å²) in [5, 5.41) is 10.8. The van der Waals surface area contributed by atoms with Gasteiger partial charge < -0.3 is 33.3 Å². The Morgan fingerprint density at radius 2 is 1.94 bits per heavy atom. The number of hydrogen-bond donors (Lipinski definition) is 1. The SMILES string of the molecule is O=C(COCc1ccco1)N1CCN(c2ccc(-c3cc(CNc4ccon4)on3)cc2F)CC1. The van der Waals surface area contributed by atoms with Crippen LogP contribution in [-0.2, 0) is 22.7 Å². The second kappa shape index (κ2) is 10.4. The molecule has 1 aromatic carbocycles. The van der Waals surface area contributed by atoms with Crippen LogP contribution in [0.4, 0.5) is 15.9 Å². The van der Waals surface area contributed by atoms with Gasteiger partial charge in [0.15, 0.2) is 11.6 Å². The van der Waals surface area contributed by atoms with E-state index in [9.17, 15) is 9.18 Å². The highest BCUT2D eigenvalue weighted by Gasteiger charge is 2.23. The van der Waals surface area contributed by atoms with Gasteiger partial charge in [0.25, 0.3) is 0 Å². The molecule has 0 bridgehead atoms. The fourth-order valence-electron chi connectivity index (χ4n) is 3.86. The van der Waals surface area contributed by atoms with Crippen LogP contribution in [0.25, 0.3) is 11.3 Å². The van der Waals surface area contributed by atoms with Gasteiger partial charge >= 0.3 is 0 Å². The minimum Gasteiger partial charge on any atom is -0.467 e. The largest absolute Gasteiger partial charge is 0.467 e. The lowest BCUT2D eigenvalue weighted by Gasteiger charge is -2.36. The number of carbonyl (C=O) groups is 1. The van der Waals surface area contributed by atoms with E-state index in [0.717, 1.165) is 0 Å². The molecule has 1 aliphatic rings. The molecule has 35 heavy (non-hydrogen) atoms. The van der Waals surface area contributed by atoms with E-state index in [1.165, 1.54) is 12.3 Å². The molecule has 1 amide bonds. The molecule has 0 atom stereocenters. The Morgan fingerprint density at radius 3 is 2.69 bits per heavy atom. The molecule has 0 radical (unpaired) electrons. The molecule has 0 spiro atoms. The Hall–Kier alpha value is -4.12. The number of ether oxygens (including phenoxy) is 1. The predicted octanol–water partition coefficient (Wildman–Crippen LogP) is 3.54. The molecular formula is C24H24FN5O5. The number of benzene rings is 1. The molecule has 10 nitrogen and oxygen atoms in total. The van der Waals surface area contributed by atoms with Gasteiger partial charge in [0.2, 0.25) is 5.91 Å². The van der Waals surface area contributed by atoms with Crippen LogP contribution in [-0.4, -0.2) is 53.9 Å². The number of furan rings is 1. The fourth-order valence-corrected chi connectivity index (χ4v) is 3.86. The van der Waals surface area contributed by atoms with Crippen molar-refractivity contribution in [1.29, 1.82) is 0 Å². The van der Waals surface area contributed by atoms with E-state index >= 15 is 0 Å². The van der Waals surface area contributed by atoms with E-state index in [4.69, 9.17) is 18.2 Å². The second-order valence-corrected chi connectivity index (χ2v) is 8.02. The molecule has 1 N–H and O–H groups in total. The van der Waals surface area contributed by atoms with Crippen LogP contribution in [0.5, 0.6) is 0 Å². The van der Waals surface area contributed by atoms with Crippen LogP contribution in [0.2, 0.25) is 0 Å². The highest BCUT2D eigenvalue weighted by atomic mass is 19.1. The summed E-state index contributed by atoms with van der Waals surface area (Å²) < 4.78 is 35.7. The van der Waals surface area contributed by atoms with Gasteiger partial charge in [-0.05, 0) is 24.3 Å². The third kappa shape index (κ3) is 5.52. The first-order valence-electron chi connectivity index (χ1n) is 11.2. The van der Waals surface area contributed by atoms with Crippen molar-refractivity contribution in [3.05, 3.63) is 72.3 Å². The van der Waals surface area contributed by atoms with Crippen LogP contribution < -0.4 is 10.2 Å². The molecule has 0 saturated carbocycles. The predicted molar refractivity (Wildman–Crippen MR) is 123 cm³/mol. The Labute approximate surface area is 200 Å². The Balaban J connectivity index is 1.13. The van der Waals surface area contributed by atoms with Crippen molar-refractivity contribution in [2.75, 3.05) is 43.0 Å². The summed E-state index contributed by atoms with van der Waals surface area (Å²) in [4.78, 5) is 16.1. The molecule has 5 rings (SSSR count). The lowest BCUT2D eigenvalue weighted by atomic mass is 10.1. The van der Waals surface area contributed by atoms with Crippen molar-refractivity contribution in [1.82, 2.24) is 15.2 Å². The van der Waals surface area contributed by atoms with Crippen molar-refractivity contribution in [2.24, 2.45) is 0 Å². The normalized spacial score (nSPS) is 13.9. The third-order valence-electron chi connectivity index (χ3n) is 5.71. The maximum Gasteiger partial charge on any atom is 0.248 e. The molecule has 4 heterocycles. The number of aromatic nitrogens is 2. The summed E-state index contributed by atoms with van der Waals surface area (Å²) >= 11 is 0. The summed E-state index contributed by atoms with van der Waals surface area (Å²) in [5.74, 6) is 1.40. The summed E-state index contributed by atoms with van der Waals surface area (Å²) in [6, 6.07) is 12.0. The molecule has 182 valence electrons. The number of carbonyl (C=O) groups excluding carboxylic acids is 1. The molecule has 1 saturated heterocycles. The van der Waals surface area contributed by atoms with Crippen molar-refractivity contribution >= 4 is 17.4 Å². The topological polar surface area (TPSA) is 110 Å². The molecule has 1 aliphatic heterocycles. The van der Waals surface area contributed by atoms with Crippen LogP contribution in [0.15, 0.2) is 68.5 Å². The van der Waals surface area contributed by atoms with Gasteiger partial charge in [0.1, 0.15) is 36.7 Å². The number of hydrogen-bond acceptors (Lipinski definition) is 9. The van der Waals surface area contributed by atoms with Gasteiger partial charge in [0, 0.05) is 43.9 Å². The lowest BCUT2D eigenvalue weighted by molar-refractivity contribution is -0.137. The first-order chi connectivity index (χ1) is 17.2. The number of anilines is 2. The molecule has 11 heteroatoms. The molecule has 0 aliphatic carbocycles. The molecule has 3 aromatic heterocycles. The summed E-state index contributed by atoms with van der Waals surface area (Å²) in [5.41, 5.74) is 1.65. The zero-order valence-corrected chi connectivity index (χ0v) is 18.9. The van der Waals surface area contributed by atoms with Gasteiger partial charge in [-0.1, -0.05) is 16.4 Å². The molecule has 1 fully saturated rings.